The summed E-state index contributed by atoms with van der Waals surface area (Å²) in [4.78, 5) is 1.98. The summed E-state index contributed by atoms with van der Waals surface area (Å²) in [6, 6.07) is 0. The lowest BCUT2D eigenvalue weighted by atomic mass is 9.79. The van der Waals surface area contributed by atoms with Gasteiger partial charge in [0.15, 0.2) is 0 Å². The number of hydrogen-bond acceptors (Lipinski definition) is 4. The van der Waals surface area contributed by atoms with Gasteiger partial charge in [0, 0.05) is 17.7 Å². The molecule has 18 heavy (non-hydrogen) atoms. The third-order valence-electron chi connectivity index (χ3n) is 3.36. The van der Waals surface area contributed by atoms with Gasteiger partial charge in [0.2, 0.25) is 0 Å². The zero-order valence-corrected chi connectivity index (χ0v) is 11.0. The average Bonchev–Trinajstić information content (AvgIpc) is 2.29. The van der Waals surface area contributed by atoms with Crippen molar-refractivity contribution in [2.45, 2.75) is 25.3 Å². The van der Waals surface area contributed by atoms with E-state index in [1.807, 2.05) is 11.8 Å². The van der Waals surface area contributed by atoms with Crippen LogP contribution in [0.4, 0.5) is 13.2 Å². The van der Waals surface area contributed by atoms with E-state index >= 15 is 0 Å². The summed E-state index contributed by atoms with van der Waals surface area (Å²) in [7, 11) is 0. The molecule has 0 spiro atoms. The Morgan fingerprint density at radius 2 is 2.00 bits per heavy atom. The lowest BCUT2D eigenvalue weighted by Crippen LogP contribution is -2.46. The number of oxime groups is 1. The van der Waals surface area contributed by atoms with Gasteiger partial charge in [-0.3, -0.25) is 0 Å². The predicted molar refractivity (Wildman–Crippen MR) is 65.7 cm³/mol. The zero-order valence-electron chi connectivity index (χ0n) is 10.2. The largest absolute Gasteiger partial charge is 0.441 e. The summed E-state index contributed by atoms with van der Waals surface area (Å²) in [6.07, 6.45) is 1.39. The minimum absolute atomic E-state index is 0.00784. The molecule has 0 unspecified atom stereocenters. The highest BCUT2D eigenvalue weighted by Gasteiger charge is 2.34. The van der Waals surface area contributed by atoms with Gasteiger partial charge < -0.3 is 15.8 Å². The van der Waals surface area contributed by atoms with Crippen molar-refractivity contribution in [2.24, 2.45) is 16.3 Å². The number of rotatable bonds is 4. The van der Waals surface area contributed by atoms with E-state index in [1.54, 1.807) is 0 Å². The van der Waals surface area contributed by atoms with E-state index in [4.69, 9.17) is 10.9 Å². The molecule has 1 saturated heterocycles. The first-order chi connectivity index (χ1) is 8.27. The van der Waals surface area contributed by atoms with Crippen LogP contribution in [0.25, 0.3) is 0 Å². The summed E-state index contributed by atoms with van der Waals surface area (Å²) in [6.45, 7) is 3.66. The van der Waals surface area contributed by atoms with Crippen molar-refractivity contribution < 1.29 is 18.4 Å². The molecule has 0 amide bonds. The predicted octanol–water partition coefficient (Wildman–Crippen LogP) is 2.09. The Morgan fingerprint density at radius 1 is 1.44 bits per heavy atom. The maximum atomic E-state index is 12.0. The molecule has 0 bridgehead atoms. The first-order valence-corrected chi connectivity index (χ1v) is 6.66. The molecule has 0 aromatic rings. The van der Waals surface area contributed by atoms with Crippen LogP contribution >= 0.6 is 11.8 Å². The molecule has 3 N–H and O–H groups in total. The molecule has 1 rings (SSSR count). The third-order valence-corrected chi connectivity index (χ3v) is 4.07. The van der Waals surface area contributed by atoms with Gasteiger partial charge in [-0.2, -0.15) is 13.2 Å². The van der Waals surface area contributed by atoms with Crippen LogP contribution in [0, 0.1) is 5.41 Å². The van der Waals surface area contributed by atoms with Crippen molar-refractivity contribution in [3.05, 3.63) is 0 Å². The maximum absolute atomic E-state index is 12.0. The number of likely N-dealkylation sites (tertiary alicyclic amines) is 1. The van der Waals surface area contributed by atoms with Gasteiger partial charge >= 0.3 is 5.51 Å². The number of amidine groups is 1. The van der Waals surface area contributed by atoms with E-state index in [-0.39, 0.29) is 28.8 Å². The highest BCUT2D eigenvalue weighted by molar-refractivity contribution is 8.00. The molecule has 1 fully saturated rings. The van der Waals surface area contributed by atoms with Crippen molar-refractivity contribution in [3.63, 3.8) is 0 Å². The van der Waals surface area contributed by atoms with Crippen molar-refractivity contribution >= 4 is 17.6 Å². The van der Waals surface area contributed by atoms with E-state index < -0.39 is 5.51 Å². The van der Waals surface area contributed by atoms with Crippen LogP contribution in [-0.2, 0) is 0 Å². The smallest absolute Gasteiger partial charge is 0.409 e. The lowest BCUT2D eigenvalue weighted by molar-refractivity contribution is -0.0329. The molecule has 0 atom stereocenters. The molecular formula is C10H18F3N3OS. The normalized spacial score (nSPS) is 22.1. The number of hydrogen-bond donors (Lipinski definition) is 2. The highest BCUT2D eigenvalue weighted by atomic mass is 32.2. The molecule has 1 heterocycles. The van der Waals surface area contributed by atoms with Gasteiger partial charge in [-0.1, -0.05) is 12.1 Å². The second kappa shape index (κ2) is 6.01. The van der Waals surface area contributed by atoms with Crippen molar-refractivity contribution in [3.8, 4) is 0 Å². The monoisotopic (exact) mass is 285 g/mol. The van der Waals surface area contributed by atoms with Crippen LogP contribution in [0.5, 0.6) is 0 Å². The topological polar surface area (TPSA) is 61.9 Å². The Balaban J connectivity index is 2.32. The molecule has 0 aromatic carbocycles. The molecule has 1 aliphatic rings. The van der Waals surface area contributed by atoms with E-state index in [1.165, 1.54) is 0 Å². The molecular weight excluding hydrogens is 267 g/mol. The van der Waals surface area contributed by atoms with Crippen molar-refractivity contribution in [2.75, 3.05) is 25.4 Å². The summed E-state index contributed by atoms with van der Waals surface area (Å²) >= 11 is 0.00784. The Kier molecular flexibility index (Phi) is 5.15. The second-order valence-electron chi connectivity index (χ2n) is 4.68. The summed E-state index contributed by atoms with van der Waals surface area (Å²) in [5.74, 6) is 0.246. The first-order valence-electron chi connectivity index (χ1n) is 5.68. The summed E-state index contributed by atoms with van der Waals surface area (Å²) in [5, 5.41) is 11.7. The van der Waals surface area contributed by atoms with Crippen LogP contribution < -0.4 is 5.73 Å². The minimum atomic E-state index is -4.15. The fraction of sp³-hybridized carbons (Fsp3) is 0.900. The van der Waals surface area contributed by atoms with Crippen molar-refractivity contribution in [1.82, 2.24) is 4.90 Å². The van der Waals surface area contributed by atoms with Crippen LogP contribution in [-0.4, -0.2) is 46.8 Å². The van der Waals surface area contributed by atoms with E-state index in [9.17, 15) is 13.2 Å². The maximum Gasteiger partial charge on any atom is 0.441 e. The lowest BCUT2D eigenvalue weighted by Gasteiger charge is -2.38. The molecule has 0 radical (unpaired) electrons. The first kappa shape index (κ1) is 15.4. The molecule has 0 aromatic heterocycles. The Bertz CT molecular complexity index is 301. The molecule has 106 valence electrons. The SMILES string of the molecule is CC1(C(N)=NO)CCN(CCSC(F)(F)F)CC1. The summed E-state index contributed by atoms with van der Waals surface area (Å²) in [5.41, 5.74) is 1.11. The number of piperidine rings is 1. The fourth-order valence-corrected chi connectivity index (χ4v) is 2.52. The molecule has 4 nitrogen and oxygen atoms in total. The van der Waals surface area contributed by atoms with E-state index in [2.05, 4.69) is 5.16 Å². The van der Waals surface area contributed by atoms with Crippen molar-refractivity contribution in [1.29, 1.82) is 0 Å². The average molecular weight is 285 g/mol. The van der Waals surface area contributed by atoms with Crippen LogP contribution in [0.3, 0.4) is 0 Å². The van der Waals surface area contributed by atoms with Crippen LogP contribution in [0.15, 0.2) is 5.16 Å². The van der Waals surface area contributed by atoms with Crippen LogP contribution in [0.2, 0.25) is 0 Å². The third kappa shape index (κ3) is 4.56. The van der Waals surface area contributed by atoms with E-state index in [0.29, 0.717) is 32.5 Å². The molecule has 1 aliphatic heterocycles. The number of thioether (sulfide) groups is 1. The quantitative estimate of drug-likeness (QED) is 0.359. The summed E-state index contributed by atoms with van der Waals surface area (Å²) < 4.78 is 35.9. The molecule has 0 aliphatic carbocycles. The van der Waals surface area contributed by atoms with Crippen LogP contribution in [0.1, 0.15) is 19.8 Å². The molecule has 8 heteroatoms. The standard InChI is InChI=1S/C10H18F3N3OS/c1-9(8(14)15-17)2-4-16(5-3-9)6-7-18-10(11,12)13/h17H,2-7H2,1H3,(H2,14,15). The second-order valence-corrected chi connectivity index (χ2v) is 5.84. The zero-order chi connectivity index (χ0) is 13.8. The Hall–Kier alpha value is -0.630. The van der Waals surface area contributed by atoms with Gasteiger partial charge in [-0.15, -0.1) is 0 Å². The number of nitrogens with zero attached hydrogens (tertiary/aromatic N) is 2. The van der Waals surface area contributed by atoms with E-state index in [0.717, 1.165) is 0 Å². The van der Waals surface area contributed by atoms with Gasteiger partial charge in [0.25, 0.3) is 0 Å². The van der Waals surface area contributed by atoms with Gasteiger partial charge in [-0.05, 0) is 37.7 Å². The number of halogens is 3. The Morgan fingerprint density at radius 3 is 2.44 bits per heavy atom. The minimum Gasteiger partial charge on any atom is -0.409 e. The number of alkyl halides is 3. The fourth-order valence-electron chi connectivity index (χ4n) is 1.94. The number of nitrogens with two attached hydrogens (primary N) is 1. The van der Waals surface area contributed by atoms with Gasteiger partial charge in [0.1, 0.15) is 5.84 Å². The van der Waals surface area contributed by atoms with Gasteiger partial charge in [-0.25, -0.2) is 0 Å². The molecule has 0 saturated carbocycles. The Labute approximate surface area is 108 Å². The highest BCUT2D eigenvalue weighted by Crippen LogP contribution is 2.32. The van der Waals surface area contributed by atoms with Gasteiger partial charge in [0.05, 0.1) is 0 Å².